The van der Waals surface area contributed by atoms with Crippen molar-refractivity contribution in [2.45, 2.75) is 232 Å². The predicted molar refractivity (Wildman–Crippen MR) is 334 cm³/mol. The number of ketones is 2. The summed E-state index contributed by atoms with van der Waals surface area (Å²) in [6, 6.07) is 0.110. The first-order valence-corrected chi connectivity index (χ1v) is 32.1. The molecule has 1 amide bonds. The Morgan fingerprint density at radius 1 is 0.598 bits per heavy atom. The van der Waals surface area contributed by atoms with Crippen LogP contribution < -0.4 is 11.1 Å². The van der Waals surface area contributed by atoms with Crippen LogP contribution in [0.4, 0.5) is 4.39 Å². The van der Waals surface area contributed by atoms with Crippen LogP contribution in [0.5, 0.6) is 0 Å². The van der Waals surface area contributed by atoms with Crippen molar-refractivity contribution in [2.24, 2.45) is 106 Å². The second-order valence-electron chi connectivity index (χ2n) is 32.6. The number of hydrogen-bond donors (Lipinski definition) is 3. The minimum atomic E-state index is -1.14. The fourth-order valence-corrected chi connectivity index (χ4v) is 22.2. The molecule has 15 heteroatoms. The summed E-state index contributed by atoms with van der Waals surface area (Å²) < 4.78 is 30.0. The average Bonchev–Trinajstić information content (AvgIpc) is 0.718. The quantitative estimate of drug-likeness (QED) is 0.101. The summed E-state index contributed by atoms with van der Waals surface area (Å²) in [5.74, 6) is -1.21. The first kappa shape index (κ1) is 68.1. The summed E-state index contributed by atoms with van der Waals surface area (Å²) in [6.45, 7) is 32.5. The average molecular weight is 1210 g/mol. The number of nitrogens with two attached hydrogens (primary N) is 1. The third-order valence-electron chi connectivity index (χ3n) is 27.9. The minimum Gasteiger partial charge on any atom is -0.478 e. The third kappa shape index (κ3) is 10.8. The van der Waals surface area contributed by atoms with Crippen LogP contribution in [0, 0.1) is 100 Å². The molecule has 11 rings (SSSR count). The van der Waals surface area contributed by atoms with E-state index in [4.69, 9.17) is 21.7 Å². The molecule has 486 valence electrons. The van der Waals surface area contributed by atoms with Crippen molar-refractivity contribution in [3.8, 4) is 0 Å². The summed E-state index contributed by atoms with van der Waals surface area (Å²) in [6.07, 6.45) is 25.8. The van der Waals surface area contributed by atoms with Gasteiger partial charge in [0.2, 0.25) is 5.91 Å². The number of carboxylic acids is 1. The SMILES string of the molecule is C.COC(=O)[C@@]1(C)CC[C@]2(C)CC[C@]3(C)C(=CC(=O)[C@@H]4[C@@]5(C)CCC(N)C(C)(C)[C@@H]5CC[C@]43C)[C@@H]2C1.COC(=O)[C@@]1(C)CC[C@]2(C)CC[C@]3(C)C(=CC(=O)[C@@H]4[C@@]5(C)CCC(NC(=O)/C=C\C(=O)O)C(C)(C)[C@@H]5CC[C@]43C)[C@@H]2C1.O=C1C=CC(=O)O1.[2H]CF. The number of aliphatic carboxylic acids is 1. The lowest BCUT2D eigenvalue weighted by Gasteiger charge is -2.70. The molecule has 0 aromatic heterocycles. The van der Waals surface area contributed by atoms with E-state index in [1.807, 2.05) is 13.0 Å². The number of cyclic esters (lactones) is 2. The maximum atomic E-state index is 14.5. The first-order chi connectivity index (χ1) is 40.2. The zero-order chi connectivity index (χ0) is 64.9. The van der Waals surface area contributed by atoms with Crippen LogP contribution >= 0.6 is 0 Å². The molecular formula is C72H109FN2O12. The Morgan fingerprint density at radius 3 is 1.37 bits per heavy atom. The molecule has 8 fully saturated rings. The standard InChI is InChI=1S/C35H51NO6.C31H49NO3.C4H2O3.CH3F.CH4/c1-30(2)24-11-14-35(7)28(33(24,5)13-12-25(30)36-26(38)9-10-27(39)40)23(37)19-21-22-20-32(4,29(41)42-8)16-15-31(22,3)17-18-34(21,35)6;1-26(2)22-9-12-31(7)24(29(22,5)11-10-23(26)32)21(33)17-19-20-18-28(4,25(34)35-8)14-13-27(20,3)15-16-30(19,31)6;5-3-1-2-4(6)7-3;1-2;/h9-10,19,22,24-25,28H,11-18,20H2,1-8H3,(H,36,38)(H,39,40);17,20,22-24H,9-16,18,32H2,1-8H3;1-2H;1H3;1H4/b10-9-;;;;/t22-,24-,25?,28+,31+,32-,33-,34+,35+;20-,22-,23?,24+,27+,28-,29-,30+,31+;;;/m00.../s1/i;;;1D;. The van der Waals surface area contributed by atoms with Gasteiger partial charge in [0.05, 0.1) is 33.6 Å². The molecule has 0 bridgehead atoms. The van der Waals surface area contributed by atoms with Gasteiger partial charge in [-0.05, 0) is 219 Å². The number of rotatable bonds is 5. The lowest BCUT2D eigenvalue weighted by molar-refractivity contribution is -0.190. The van der Waals surface area contributed by atoms with Crippen molar-refractivity contribution in [3.63, 3.8) is 0 Å². The summed E-state index contributed by atoms with van der Waals surface area (Å²) in [5, 5.41) is 12.0. The normalized spacial score (nSPS) is 45.1. The number of carbonyl (C=O) groups excluding carboxylic acids is 7. The number of allylic oxidation sites excluding steroid dienone is 4. The highest BCUT2D eigenvalue weighted by Gasteiger charge is 2.72. The fraction of sp³-hybridized carbons (Fsp3) is 0.778. The molecule has 14 nitrogen and oxygen atoms in total. The Bertz CT molecular complexity index is 2930. The van der Waals surface area contributed by atoms with Gasteiger partial charge in [0.15, 0.2) is 11.6 Å². The molecule has 87 heavy (non-hydrogen) atoms. The van der Waals surface area contributed by atoms with Gasteiger partial charge in [0, 0.05) is 48.2 Å². The van der Waals surface area contributed by atoms with Gasteiger partial charge < -0.3 is 30.4 Å². The molecule has 0 spiro atoms. The molecule has 1 heterocycles. The number of carboxylic acid groups (broad SMARTS) is 1. The van der Waals surface area contributed by atoms with Gasteiger partial charge in [-0.25, -0.2) is 14.4 Å². The highest BCUT2D eigenvalue weighted by atomic mass is 19.1. The molecule has 11 aliphatic rings. The lowest BCUT2D eigenvalue weighted by Crippen LogP contribution is -2.67. The number of carbonyl (C=O) groups is 8. The first-order valence-electron chi connectivity index (χ1n) is 32.8. The van der Waals surface area contributed by atoms with E-state index in [0.29, 0.717) is 11.7 Å². The molecule has 4 N–H and O–H groups in total. The number of alkyl halides is 1. The summed E-state index contributed by atoms with van der Waals surface area (Å²) in [4.78, 5) is 97.9. The van der Waals surface area contributed by atoms with E-state index in [2.05, 4.69) is 106 Å². The van der Waals surface area contributed by atoms with Gasteiger partial charge in [0.25, 0.3) is 0 Å². The number of nitrogens with one attached hydrogen (secondary N) is 1. The minimum absolute atomic E-state index is 0. The number of fused-ring (bicyclic) bond motifs is 14. The molecule has 0 radical (unpaired) electrons. The van der Waals surface area contributed by atoms with E-state index in [1.165, 1.54) is 31.8 Å². The van der Waals surface area contributed by atoms with E-state index in [9.17, 15) is 42.7 Å². The van der Waals surface area contributed by atoms with Gasteiger partial charge in [-0.3, -0.25) is 28.4 Å². The van der Waals surface area contributed by atoms with Crippen molar-refractivity contribution in [2.75, 3.05) is 21.4 Å². The summed E-state index contributed by atoms with van der Waals surface area (Å²) in [5.41, 5.74) is 7.70. The monoisotopic (exact) mass is 1210 g/mol. The number of esters is 4. The second-order valence-corrected chi connectivity index (χ2v) is 32.6. The van der Waals surface area contributed by atoms with Gasteiger partial charge in [-0.15, -0.1) is 0 Å². The topological polar surface area (TPSA) is 223 Å². The van der Waals surface area contributed by atoms with Gasteiger partial charge >= 0.3 is 29.8 Å². The number of halogens is 1. The molecule has 1 aliphatic heterocycles. The Morgan fingerprint density at radius 2 is 0.989 bits per heavy atom. The summed E-state index contributed by atoms with van der Waals surface area (Å²) >= 11 is 0. The Balaban J connectivity index is 0.000000217. The Labute approximate surface area is 521 Å². The smallest absolute Gasteiger partial charge is 0.338 e. The van der Waals surface area contributed by atoms with Crippen molar-refractivity contribution in [1.82, 2.24) is 5.32 Å². The van der Waals surface area contributed by atoms with Crippen LogP contribution in [0.25, 0.3) is 0 Å². The highest BCUT2D eigenvalue weighted by Crippen LogP contribution is 2.77. The zero-order valence-corrected chi connectivity index (χ0v) is 54.9. The largest absolute Gasteiger partial charge is 0.478 e. The van der Waals surface area contributed by atoms with Gasteiger partial charge in [0.1, 0.15) is 0 Å². The Kier molecular flexibility index (Phi) is 18.4. The van der Waals surface area contributed by atoms with Crippen LogP contribution in [0.3, 0.4) is 0 Å². The fourth-order valence-electron chi connectivity index (χ4n) is 22.2. The predicted octanol–water partition coefficient (Wildman–Crippen LogP) is 13.6. The van der Waals surface area contributed by atoms with E-state index >= 15 is 0 Å². The zero-order valence-electron chi connectivity index (χ0n) is 55.9. The number of methoxy groups -OCH3 is 2. The molecule has 2 unspecified atom stereocenters. The van der Waals surface area contributed by atoms with Gasteiger partial charge in [-0.2, -0.15) is 0 Å². The van der Waals surface area contributed by atoms with Crippen LogP contribution in [-0.4, -0.2) is 85.9 Å². The summed E-state index contributed by atoms with van der Waals surface area (Å²) in [7, 11) is 1.99. The molecule has 18 atom stereocenters. The lowest BCUT2D eigenvalue weighted by atomic mass is 9.33. The maximum absolute atomic E-state index is 14.5. The van der Waals surface area contributed by atoms with E-state index in [-0.39, 0.29) is 127 Å². The van der Waals surface area contributed by atoms with Crippen LogP contribution in [0.2, 0.25) is 0 Å². The van der Waals surface area contributed by atoms with Gasteiger partial charge in [-0.1, -0.05) is 102 Å². The molecular weight excluding hydrogens is 1100 g/mol. The maximum Gasteiger partial charge on any atom is 0.338 e. The van der Waals surface area contributed by atoms with E-state index < -0.39 is 35.9 Å². The molecule has 0 aromatic carbocycles. The molecule has 10 aliphatic carbocycles. The van der Waals surface area contributed by atoms with Crippen molar-refractivity contribution in [3.05, 3.63) is 47.6 Å². The Hall–Kier alpha value is -4.79. The molecule has 0 saturated heterocycles. The number of amides is 1. The molecule has 0 aromatic rings. The van der Waals surface area contributed by atoms with Crippen LogP contribution in [0.1, 0.15) is 221 Å². The third-order valence-corrected chi connectivity index (χ3v) is 27.9. The van der Waals surface area contributed by atoms with Crippen LogP contribution in [-0.2, 0) is 52.6 Å². The number of hydrogen-bond acceptors (Lipinski definition) is 12. The van der Waals surface area contributed by atoms with Crippen LogP contribution in [0.15, 0.2) is 47.6 Å². The van der Waals surface area contributed by atoms with E-state index in [1.54, 1.807) is 0 Å². The van der Waals surface area contributed by atoms with E-state index in [0.717, 1.165) is 133 Å². The van der Waals surface area contributed by atoms with Crippen molar-refractivity contribution >= 4 is 47.3 Å². The number of ether oxygens (including phenoxy) is 3. The van der Waals surface area contributed by atoms with Crippen molar-refractivity contribution < 1.29 is 63.4 Å². The highest BCUT2D eigenvalue weighted by molar-refractivity contribution is 6.05. The second kappa shape index (κ2) is 23.5. The molecule has 8 saturated carbocycles. The van der Waals surface area contributed by atoms with Crippen molar-refractivity contribution in [1.29, 1.82) is 0 Å².